The van der Waals surface area contributed by atoms with Crippen LogP contribution in [0.25, 0.3) is 22.1 Å². The molecule has 208 valence electrons. The molecule has 0 radical (unpaired) electrons. The van der Waals surface area contributed by atoms with Crippen molar-refractivity contribution in [2.45, 2.75) is 69.8 Å². The number of nitrogens with zero attached hydrogens (tertiary/aromatic N) is 5. The van der Waals surface area contributed by atoms with Crippen molar-refractivity contribution in [2.75, 3.05) is 19.3 Å². The molecule has 0 bridgehead atoms. The molecule has 2 fully saturated rings. The lowest BCUT2D eigenvalue weighted by Crippen LogP contribution is -2.44. The van der Waals surface area contributed by atoms with Gasteiger partial charge in [0.15, 0.2) is 0 Å². The third kappa shape index (κ3) is 4.98. The molecule has 3 atom stereocenters. The summed E-state index contributed by atoms with van der Waals surface area (Å²) in [6, 6.07) is 5.08. The van der Waals surface area contributed by atoms with Crippen LogP contribution < -0.4 is 5.73 Å². The molecule has 0 unspecified atom stereocenters. The highest BCUT2D eigenvalue weighted by Crippen LogP contribution is 2.40. The number of benzene rings is 1. The van der Waals surface area contributed by atoms with E-state index >= 15 is 0 Å². The van der Waals surface area contributed by atoms with Crippen LogP contribution in [0, 0.1) is 18.8 Å². The van der Waals surface area contributed by atoms with E-state index in [1.807, 2.05) is 16.8 Å². The van der Waals surface area contributed by atoms with Gasteiger partial charge in [-0.25, -0.2) is 15.0 Å². The molecular weight excluding hydrogens is 507 g/mol. The molecule has 8 nitrogen and oxygen atoms in total. The fourth-order valence-corrected chi connectivity index (χ4v) is 6.63. The average Bonchev–Trinajstić information content (AvgIpc) is 3.53. The normalized spacial score (nSPS) is 25.7. The van der Waals surface area contributed by atoms with E-state index in [-0.39, 0.29) is 11.6 Å². The third-order valence-electron chi connectivity index (χ3n) is 8.84. The molecule has 6 rings (SSSR count). The molecule has 4 aromatic rings. The van der Waals surface area contributed by atoms with E-state index in [9.17, 15) is 18.3 Å². The number of halogens is 3. The number of aliphatic hydroxyl groups excluding tert-OH is 1. The summed E-state index contributed by atoms with van der Waals surface area (Å²) in [5.41, 5.74) is 7.35. The Labute approximate surface area is 224 Å². The van der Waals surface area contributed by atoms with Gasteiger partial charge in [0.25, 0.3) is 0 Å². The summed E-state index contributed by atoms with van der Waals surface area (Å²) in [4.78, 5) is 18.5. The number of imidazole rings is 1. The first-order chi connectivity index (χ1) is 18.6. The fourth-order valence-electron chi connectivity index (χ4n) is 6.63. The maximum Gasteiger partial charge on any atom is 0.416 e. The predicted molar refractivity (Wildman–Crippen MR) is 143 cm³/mol. The van der Waals surface area contributed by atoms with Gasteiger partial charge in [-0.05, 0) is 81.7 Å². The van der Waals surface area contributed by atoms with E-state index in [4.69, 9.17) is 5.73 Å². The highest BCUT2D eigenvalue weighted by atomic mass is 19.4. The lowest BCUT2D eigenvalue weighted by atomic mass is 9.76. The molecule has 3 heterocycles. The van der Waals surface area contributed by atoms with Crippen LogP contribution in [-0.4, -0.2) is 60.2 Å². The van der Waals surface area contributed by atoms with Gasteiger partial charge in [0.1, 0.15) is 23.6 Å². The number of hydrogen-bond donors (Lipinski definition) is 3. The minimum atomic E-state index is -4.37. The zero-order valence-corrected chi connectivity index (χ0v) is 22.1. The number of aryl methyl sites for hydroxylation is 2. The number of nitrogens with two attached hydrogens (primary N) is 1. The van der Waals surface area contributed by atoms with Gasteiger partial charge >= 0.3 is 6.18 Å². The van der Waals surface area contributed by atoms with Gasteiger partial charge in [-0.1, -0.05) is 0 Å². The van der Waals surface area contributed by atoms with Crippen LogP contribution in [0.1, 0.15) is 55.1 Å². The van der Waals surface area contributed by atoms with Crippen molar-refractivity contribution < 1.29 is 18.3 Å². The van der Waals surface area contributed by atoms with Gasteiger partial charge in [-0.2, -0.15) is 13.2 Å². The topological polar surface area (TPSA) is 109 Å². The number of H-pyrrole nitrogens is 1. The van der Waals surface area contributed by atoms with Crippen LogP contribution >= 0.6 is 0 Å². The molecular formula is C28H34F3N7O. The van der Waals surface area contributed by atoms with Crippen molar-refractivity contribution in [3.63, 3.8) is 0 Å². The fraction of sp³-hybridized carbons (Fsp3) is 0.536. The molecule has 3 aromatic heterocycles. The van der Waals surface area contributed by atoms with Crippen LogP contribution in [0.2, 0.25) is 0 Å². The van der Waals surface area contributed by atoms with E-state index in [0.29, 0.717) is 34.7 Å². The number of aliphatic hydroxyl groups is 1. The number of alkyl halides is 3. The molecule has 11 heteroatoms. The second-order valence-corrected chi connectivity index (χ2v) is 11.5. The lowest BCUT2D eigenvalue weighted by Gasteiger charge is -2.42. The average molecular weight is 542 g/mol. The van der Waals surface area contributed by atoms with Crippen LogP contribution in [0.3, 0.4) is 0 Å². The Balaban J connectivity index is 0.998. The maximum atomic E-state index is 13.2. The Bertz CT molecular complexity index is 1490. The first-order valence-corrected chi connectivity index (χ1v) is 13.6. The van der Waals surface area contributed by atoms with E-state index < -0.39 is 17.8 Å². The molecule has 1 aromatic carbocycles. The van der Waals surface area contributed by atoms with Crippen molar-refractivity contribution in [1.29, 1.82) is 0 Å². The summed E-state index contributed by atoms with van der Waals surface area (Å²) in [5.74, 6) is 2.17. The molecule has 0 spiro atoms. The SMILES string of the molecule is Cc1cc2nc(CC[C@H]3C[C@@H](N(C)C[C@@H]4C[C@@H](O)[C@H](n5ccc6c(N)ncnc65)C4)C3)[nH]c2cc1C(F)(F)F. The van der Waals surface area contributed by atoms with Gasteiger partial charge in [0.05, 0.1) is 34.1 Å². The Kier molecular flexibility index (Phi) is 6.53. The minimum Gasteiger partial charge on any atom is -0.391 e. The van der Waals surface area contributed by atoms with Gasteiger partial charge < -0.3 is 25.3 Å². The summed E-state index contributed by atoms with van der Waals surface area (Å²) >= 11 is 0. The monoisotopic (exact) mass is 541 g/mol. The summed E-state index contributed by atoms with van der Waals surface area (Å²) in [6.45, 7) is 2.41. The number of anilines is 1. The molecule has 0 amide bonds. The summed E-state index contributed by atoms with van der Waals surface area (Å²) < 4.78 is 41.7. The number of fused-ring (bicyclic) bond motifs is 2. The zero-order valence-electron chi connectivity index (χ0n) is 22.1. The highest BCUT2D eigenvalue weighted by molar-refractivity contribution is 5.86. The molecule has 2 aliphatic carbocycles. The zero-order chi connectivity index (χ0) is 27.5. The van der Waals surface area contributed by atoms with Crippen molar-refractivity contribution in [3.05, 3.63) is 47.7 Å². The summed E-state index contributed by atoms with van der Waals surface area (Å²) in [7, 11) is 2.17. The molecule has 0 saturated heterocycles. The molecule has 2 saturated carbocycles. The third-order valence-corrected chi connectivity index (χ3v) is 8.84. The van der Waals surface area contributed by atoms with E-state index in [2.05, 4.69) is 31.9 Å². The van der Waals surface area contributed by atoms with Crippen LogP contribution in [-0.2, 0) is 12.6 Å². The van der Waals surface area contributed by atoms with Gasteiger partial charge in [-0.15, -0.1) is 0 Å². The smallest absolute Gasteiger partial charge is 0.391 e. The van der Waals surface area contributed by atoms with E-state index in [1.165, 1.54) is 25.4 Å². The number of nitrogen functional groups attached to an aromatic ring is 1. The standard InChI is InChI=1S/C28H34F3N7O/c1-15-7-21-22(12-20(15)28(29,30)31)36-25(35-21)4-3-16-8-18(9-16)37(2)13-17-10-23(24(39)11-17)38-6-5-19-26(32)33-14-34-27(19)38/h5-7,12,14,16-18,23-24,39H,3-4,8-11,13H2,1-2H3,(H,35,36)(H2,32,33,34)/t16-,17-,18+,23+,24+/m0/s1. The number of hydrogen-bond acceptors (Lipinski definition) is 6. The quantitative estimate of drug-likeness (QED) is 0.308. The Morgan fingerprint density at radius 1 is 1.15 bits per heavy atom. The Hall–Kier alpha value is -3.18. The van der Waals surface area contributed by atoms with Crippen LogP contribution in [0.15, 0.2) is 30.7 Å². The van der Waals surface area contributed by atoms with Crippen LogP contribution in [0.4, 0.5) is 19.0 Å². The first-order valence-electron chi connectivity index (χ1n) is 13.6. The Morgan fingerprint density at radius 3 is 2.72 bits per heavy atom. The molecule has 0 aliphatic heterocycles. The number of aromatic amines is 1. The van der Waals surface area contributed by atoms with Gasteiger partial charge in [0, 0.05) is 25.2 Å². The maximum absolute atomic E-state index is 13.2. The van der Waals surface area contributed by atoms with E-state index in [1.54, 1.807) is 0 Å². The van der Waals surface area contributed by atoms with Gasteiger partial charge in [0.2, 0.25) is 0 Å². The van der Waals surface area contributed by atoms with Crippen LogP contribution in [0.5, 0.6) is 0 Å². The van der Waals surface area contributed by atoms with Crippen molar-refractivity contribution in [1.82, 2.24) is 29.4 Å². The summed E-state index contributed by atoms with van der Waals surface area (Å²) in [5, 5.41) is 11.7. The molecule has 4 N–H and O–H groups in total. The second kappa shape index (κ2) is 9.78. The minimum absolute atomic E-state index is 0.0239. The lowest BCUT2D eigenvalue weighted by molar-refractivity contribution is -0.137. The molecule has 2 aliphatic rings. The summed E-state index contributed by atoms with van der Waals surface area (Å²) in [6.07, 6.45) is 4.16. The van der Waals surface area contributed by atoms with Crippen molar-refractivity contribution in [2.24, 2.45) is 11.8 Å². The van der Waals surface area contributed by atoms with E-state index in [0.717, 1.165) is 61.9 Å². The van der Waals surface area contributed by atoms with Crippen molar-refractivity contribution >= 4 is 27.9 Å². The van der Waals surface area contributed by atoms with Gasteiger partial charge in [-0.3, -0.25) is 0 Å². The number of rotatable bonds is 7. The number of nitrogens with one attached hydrogen (secondary N) is 1. The van der Waals surface area contributed by atoms with Crippen molar-refractivity contribution in [3.8, 4) is 0 Å². The second-order valence-electron chi connectivity index (χ2n) is 11.5. The Morgan fingerprint density at radius 2 is 1.95 bits per heavy atom. The molecule has 39 heavy (non-hydrogen) atoms. The highest BCUT2D eigenvalue weighted by Gasteiger charge is 2.38. The number of aromatic nitrogens is 5. The first kappa shape index (κ1) is 26.1. The largest absolute Gasteiger partial charge is 0.416 e. The predicted octanol–water partition coefficient (Wildman–Crippen LogP) is 4.87.